The van der Waals surface area contributed by atoms with Crippen molar-refractivity contribution in [2.45, 2.75) is 25.4 Å². The highest BCUT2D eigenvalue weighted by atomic mass is 16.5. The first-order chi connectivity index (χ1) is 8.90. The Morgan fingerprint density at radius 1 is 1.53 bits per heavy atom. The van der Waals surface area contributed by atoms with Gasteiger partial charge in [0, 0.05) is 13.6 Å². The maximum atomic E-state index is 12.2. The van der Waals surface area contributed by atoms with Crippen LogP contribution in [0.2, 0.25) is 0 Å². The fourth-order valence-electron chi connectivity index (χ4n) is 2.02. The van der Waals surface area contributed by atoms with Crippen molar-refractivity contribution in [2.24, 2.45) is 5.73 Å². The van der Waals surface area contributed by atoms with Gasteiger partial charge in [-0.3, -0.25) is 4.79 Å². The molecule has 1 rings (SSSR count). The Labute approximate surface area is 111 Å². The van der Waals surface area contributed by atoms with Crippen molar-refractivity contribution in [1.82, 2.24) is 9.80 Å². The molecule has 2 atom stereocenters. The van der Waals surface area contributed by atoms with Crippen LogP contribution in [0.1, 0.15) is 13.3 Å². The van der Waals surface area contributed by atoms with Crippen LogP contribution >= 0.6 is 0 Å². The molecule has 0 aromatic carbocycles. The van der Waals surface area contributed by atoms with Crippen LogP contribution in [0.3, 0.4) is 0 Å². The van der Waals surface area contributed by atoms with Crippen LogP contribution in [-0.2, 0) is 14.3 Å². The molecule has 1 aliphatic heterocycles. The summed E-state index contributed by atoms with van der Waals surface area (Å²) in [4.78, 5) is 36.9. The van der Waals surface area contributed by atoms with Crippen molar-refractivity contribution >= 4 is 17.9 Å². The summed E-state index contributed by atoms with van der Waals surface area (Å²) in [5, 5.41) is 9.04. The molecule has 2 unspecified atom stereocenters. The Morgan fingerprint density at radius 3 is 2.63 bits per heavy atom. The van der Waals surface area contributed by atoms with Crippen molar-refractivity contribution in [2.75, 3.05) is 26.8 Å². The fourth-order valence-corrected chi connectivity index (χ4v) is 2.02. The van der Waals surface area contributed by atoms with E-state index in [1.54, 1.807) is 6.92 Å². The summed E-state index contributed by atoms with van der Waals surface area (Å²) in [5.41, 5.74) is 5.22. The molecule has 3 amide bonds. The highest BCUT2D eigenvalue weighted by Gasteiger charge is 2.36. The minimum absolute atomic E-state index is 0.0405. The Hall–Kier alpha value is -1.83. The van der Waals surface area contributed by atoms with Crippen molar-refractivity contribution in [3.8, 4) is 0 Å². The average Bonchev–Trinajstić information content (AvgIpc) is 2.38. The van der Waals surface area contributed by atoms with Crippen LogP contribution in [0.5, 0.6) is 0 Å². The third-order valence-electron chi connectivity index (χ3n) is 3.14. The summed E-state index contributed by atoms with van der Waals surface area (Å²) in [7, 11) is 1.40. The second kappa shape index (κ2) is 6.37. The molecule has 0 aliphatic carbocycles. The van der Waals surface area contributed by atoms with Gasteiger partial charge in [0.1, 0.15) is 12.1 Å². The summed E-state index contributed by atoms with van der Waals surface area (Å²) >= 11 is 0. The second-order valence-corrected chi connectivity index (χ2v) is 4.34. The zero-order valence-corrected chi connectivity index (χ0v) is 11.0. The molecular weight excluding hydrogens is 254 g/mol. The van der Waals surface area contributed by atoms with Crippen molar-refractivity contribution in [1.29, 1.82) is 0 Å². The molecule has 1 saturated heterocycles. The normalized spacial score (nSPS) is 20.7. The summed E-state index contributed by atoms with van der Waals surface area (Å²) in [6.07, 6.45) is 0.281. The lowest BCUT2D eigenvalue weighted by molar-refractivity contribution is -0.142. The number of likely N-dealkylation sites (N-methyl/N-ethyl adjacent to an activating group) is 1. The van der Waals surface area contributed by atoms with Crippen LogP contribution in [0.25, 0.3) is 0 Å². The molecule has 0 spiro atoms. The molecule has 1 fully saturated rings. The number of hydrogen-bond donors (Lipinski definition) is 2. The third-order valence-corrected chi connectivity index (χ3v) is 3.14. The molecule has 8 nitrogen and oxygen atoms in total. The van der Waals surface area contributed by atoms with Gasteiger partial charge in [-0.05, 0) is 6.42 Å². The number of primary amides is 1. The highest BCUT2D eigenvalue weighted by Crippen LogP contribution is 2.12. The van der Waals surface area contributed by atoms with E-state index in [1.165, 1.54) is 11.9 Å². The summed E-state index contributed by atoms with van der Waals surface area (Å²) in [6, 6.07) is -2.31. The molecule has 3 N–H and O–H groups in total. The minimum atomic E-state index is -1.08. The van der Waals surface area contributed by atoms with Gasteiger partial charge in [0.15, 0.2) is 0 Å². The number of carbonyl (C=O) groups excluding carboxylic acids is 2. The standard InChI is InChI=1S/C11H19N3O5/c1-3-7(10(16)17)13(2)11(18)14-4-5-19-6-8(14)9(12)15/h7-8H,3-6H2,1-2H3,(H2,12,15)(H,16,17). The number of morpholine rings is 1. The zero-order valence-electron chi connectivity index (χ0n) is 11.0. The summed E-state index contributed by atoms with van der Waals surface area (Å²) in [5.74, 6) is -1.74. The average molecular weight is 273 g/mol. The fraction of sp³-hybridized carbons (Fsp3) is 0.727. The molecule has 0 bridgehead atoms. The maximum absolute atomic E-state index is 12.2. The molecule has 108 valence electrons. The second-order valence-electron chi connectivity index (χ2n) is 4.34. The van der Waals surface area contributed by atoms with Gasteiger partial charge in [0.05, 0.1) is 13.2 Å². The number of amides is 3. The number of aliphatic carboxylic acids is 1. The van der Waals surface area contributed by atoms with Gasteiger partial charge in [-0.25, -0.2) is 9.59 Å². The van der Waals surface area contributed by atoms with E-state index in [1.807, 2.05) is 0 Å². The predicted octanol–water partition coefficient (Wildman–Crippen LogP) is -0.912. The lowest BCUT2D eigenvalue weighted by atomic mass is 10.2. The van der Waals surface area contributed by atoms with Crippen molar-refractivity contribution < 1.29 is 24.2 Å². The molecule has 1 aliphatic rings. The Morgan fingerprint density at radius 2 is 2.16 bits per heavy atom. The van der Waals surface area contributed by atoms with Crippen LogP contribution in [0, 0.1) is 0 Å². The van der Waals surface area contributed by atoms with Crippen LogP contribution < -0.4 is 5.73 Å². The molecule has 0 saturated carbocycles. The first kappa shape index (κ1) is 15.2. The van der Waals surface area contributed by atoms with Gasteiger partial charge in [-0.2, -0.15) is 0 Å². The number of carboxylic acid groups (broad SMARTS) is 1. The molecular formula is C11H19N3O5. The molecule has 0 radical (unpaired) electrons. The largest absolute Gasteiger partial charge is 0.480 e. The first-order valence-corrected chi connectivity index (χ1v) is 6.03. The first-order valence-electron chi connectivity index (χ1n) is 6.03. The lowest BCUT2D eigenvalue weighted by Gasteiger charge is -2.37. The molecule has 0 aromatic rings. The van der Waals surface area contributed by atoms with E-state index < -0.39 is 30.0 Å². The number of nitrogens with two attached hydrogens (primary N) is 1. The topological polar surface area (TPSA) is 113 Å². The van der Waals surface area contributed by atoms with Gasteiger partial charge in [-0.1, -0.05) is 6.92 Å². The Bertz CT molecular complexity index is 373. The number of ether oxygens (including phenoxy) is 1. The van der Waals surface area contributed by atoms with E-state index in [4.69, 9.17) is 15.6 Å². The molecule has 8 heteroatoms. The molecule has 0 aromatic heterocycles. The minimum Gasteiger partial charge on any atom is -0.480 e. The maximum Gasteiger partial charge on any atom is 0.326 e. The quantitative estimate of drug-likeness (QED) is 0.688. The van der Waals surface area contributed by atoms with Crippen LogP contribution in [0.4, 0.5) is 4.79 Å². The van der Waals surface area contributed by atoms with E-state index in [0.29, 0.717) is 6.61 Å². The number of carboxylic acids is 1. The van der Waals surface area contributed by atoms with Gasteiger partial charge < -0.3 is 25.4 Å². The molecule has 19 heavy (non-hydrogen) atoms. The Balaban J connectivity index is 2.84. The number of rotatable bonds is 4. The van der Waals surface area contributed by atoms with E-state index in [0.717, 1.165) is 4.90 Å². The predicted molar refractivity (Wildman–Crippen MR) is 65.4 cm³/mol. The van der Waals surface area contributed by atoms with E-state index in [9.17, 15) is 14.4 Å². The van der Waals surface area contributed by atoms with Gasteiger partial charge in [0.25, 0.3) is 0 Å². The van der Waals surface area contributed by atoms with E-state index in [-0.39, 0.29) is 19.6 Å². The lowest BCUT2D eigenvalue weighted by Crippen LogP contribution is -2.59. The Kier molecular flexibility index (Phi) is 5.11. The number of nitrogens with zero attached hydrogens (tertiary/aromatic N) is 2. The summed E-state index contributed by atoms with van der Waals surface area (Å²) < 4.78 is 5.11. The van der Waals surface area contributed by atoms with Gasteiger partial charge in [-0.15, -0.1) is 0 Å². The smallest absolute Gasteiger partial charge is 0.326 e. The van der Waals surface area contributed by atoms with Gasteiger partial charge in [0.2, 0.25) is 5.91 Å². The van der Waals surface area contributed by atoms with Crippen LogP contribution in [0.15, 0.2) is 0 Å². The summed E-state index contributed by atoms with van der Waals surface area (Å²) in [6.45, 7) is 2.23. The SMILES string of the molecule is CCC(C(=O)O)N(C)C(=O)N1CCOCC1C(N)=O. The number of carbonyl (C=O) groups is 3. The van der Waals surface area contributed by atoms with Crippen molar-refractivity contribution in [3.05, 3.63) is 0 Å². The highest BCUT2D eigenvalue weighted by molar-refractivity contribution is 5.88. The monoisotopic (exact) mass is 273 g/mol. The number of urea groups is 1. The van der Waals surface area contributed by atoms with Gasteiger partial charge >= 0.3 is 12.0 Å². The van der Waals surface area contributed by atoms with E-state index in [2.05, 4.69) is 0 Å². The van der Waals surface area contributed by atoms with Crippen LogP contribution in [-0.4, -0.2) is 71.7 Å². The van der Waals surface area contributed by atoms with E-state index >= 15 is 0 Å². The zero-order chi connectivity index (χ0) is 14.6. The molecule has 1 heterocycles. The number of hydrogen-bond acceptors (Lipinski definition) is 4. The van der Waals surface area contributed by atoms with Crippen molar-refractivity contribution in [3.63, 3.8) is 0 Å². The third kappa shape index (κ3) is 3.34.